The number of rotatable bonds is 3. The first-order valence-corrected chi connectivity index (χ1v) is 7.71. The molecule has 3 aliphatic rings. The Balaban J connectivity index is 1.44. The lowest BCUT2D eigenvalue weighted by molar-refractivity contribution is 0.105. The minimum atomic E-state index is -0.239. The maximum atomic E-state index is 13.7. The van der Waals surface area contributed by atoms with Gasteiger partial charge in [0.1, 0.15) is 17.7 Å². The molecule has 5 heterocycles. The Hall–Kier alpha value is -2.52. The Kier molecular flexibility index (Phi) is 3.43. The number of anilines is 1. The van der Waals surface area contributed by atoms with Crippen LogP contribution in [-0.4, -0.2) is 40.0 Å². The van der Waals surface area contributed by atoms with Crippen molar-refractivity contribution in [3.8, 4) is 6.07 Å². The standard InChI is InChI=1S/C17H16FN5/c18-15-2-1-5-20-16(15)11-22-9-13-6-14(10-22)23(13)17-4-3-12(7-19)8-21-17/h1-5,8,13-14H,6,9-11H2. The molecule has 0 N–H and O–H groups in total. The molecule has 3 fully saturated rings. The van der Waals surface area contributed by atoms with Crippen molar-refractivity contribution >= 4 is 5.82 Å². The van der Waals surface area contributed by atoms with Gasteiger partial charge in [-0.3, -0.25) is 9.88 Å². The van der Waals surface area contributed by atoms with Crippen molar-refractivity contribution in [1.82, 2.24) is 14.9 Å². The largest absolute Gasteiger partial charge is 0.348 e. The number of hydrogen-bond donors (Lipinski definition) is 0. The molecule has 6 heteroatoms. The summed E-state index contributed by atoms with van der Waals surface area (Å²) in [5.74, 6) is 0.686. The molecule has 5 nitrogen and oxygen atoms in total. The molecule has 2 unspecified atom stereocenters. The summed E-state index contributed by atoms with van der Waals surface area (Å²) in [5.41, 5.74) is 1.09. The third-order valence-corrected chi connectivity index (χ3v) is 4.62. The first-order valence-electron chi connectivity index (χ1n) is 7.71. The van der Waals surface area contributed by atoms with Crippen LogP contribution in [0.2, 0.25) is 0 Å². The highest BCUT2D eigenvalue weighted by Gasteiger charge is 2.45. The third-order valence-electron chi connectivity index (χ3n) is 4.62. The van der Waals surface area contributed by atoms with E-state index >= 15 is 0 Å². The van der Waals surface area contributed by atoms with E-state index in [9.17, 15) is 4.39 Å². The highest BCUT2D eigenvalue weighted by molar-refractivity contribution is 5.48. The van der Waals surface area contributed by atoms with Crippen molar-refractivity contribution in [1.29, 1.82) is 5.26 Å². The van der Waals surface area contributed by atoms with E-state index in [0.717, 1.165) is 25.3 Å². The molecule has 2 atom stereocenters. The summed E-state index contributed by atoms with van der Waals surface area (Å²) in [7, 11) is 0. The second-order valence-electron chi connectivity index (χ2n) is 6.09. The quantitative estimate of drug-likeness (QED) is 0.867. The van der Waals surface area contributed by atoms with Gasteiger partial charge in [0.25, 0.3) is 0 Å². The monoisotopic (exact) mass is 309 g/mol. The van der Waals surface area contributed by atoms with Gasteiger partial charge >= 0.3 is 0 Å². The van der Waals surface area contributed by atoms with Crippen LogP contribution in [0.5, 0.6) is 0 Å². The fourth-order valence-electron chi connectivity index (χ4n) is 3.55. The second-order valence-corrected chi connectivity index (χ2v) is 6.09. The zero-order valence-corrected chi connectivity index (χ0v) is 12.6. The van der Waals surface area contributed by atoms with Crippen molar-refractivity contribution in [2.75, 3.05) is 18.0 Å². The zero-order chi connectivity index (χ0) is 15.8. The Morgan fingerprint density at radius 1 is 1.22 bits per heavy atom. The van der Waals surface area contributed by atoms with Gasteiger partial charge in [-0.15, -0.1) is 0 Å². The Morgan fingerprint density at radius 2 is 2.04 bits per heavy atom. The van der Waals surface area contributed by atoms with Crippen molar-refractivity contribution in [3.05, 3.63) is 53.7 Å². The summed E-state index contributed by atoms with van der Waals surface area (Å²) in [6, 6.07) is 9.68. The van der Waals surface area contributed by atoms with Crippen molar-refractivity contribution in [2.45, 2.75) is 25.0 Å². The zero-order valence-electron chi connectivity index (χ0n) is 12.6. The lowest BCUT2D eigenvalue weighted by Crippen LogP contribution is -2.69. The summed E-state index contributed by atoms with van der Waals surface area (Å²) >= 11 is 0. The fraction of sp³-hybridized carbons (Fsp3) is 0.353. The van der Waals surface area contributed by atoms with Crippen LogP contribution in [0.25, 0.3) is 0 Å². The van der Waals surface area contributed by atoms with E-state index in [1.54, 1.807) is 24.5 Å². The maximum absolute atomic E-state index is 13.7. The first kappa shape index (κ1) is 14.1. The minimum absolute atomic E-state index is 0.239. The summed E-state index contributed by atoms with van der Waals surface area (Å²) in [4.78, 5) is 13.1. The molecule has 0 spiro atoms. The van der Waals surface area contributed by atoms with Crippen LogP contribution in [0, 0.1) is 17.1 Å². The predicted molar refractivity (Wildman–Crippen MR) is 83.1 cm³/mol. The molecule has 0 saturated carbocycles. The van der Waals surface area contributed by atoms with Gasteiger partial charge in [0.2, 0.25) is 0 Å². The minimum Gasteiger partial charge on any atom is -0.348 e. The van der Waals surface area contributed by atoms with Gasteiger partial charge in [-0.05, 0) is 30.7 Å². The lowest BCUT2D eigenvalue weighted by Gasteiger charge is -2.57. The van der Waals surface area contributed by atoms with E-state index in [1.807, 2.05) is 6.07 Å². The maximum Gasteiger partial charge on any atom is 0.146 e. The summed E-state index contributed by atoms with van der Waals surface area (Å²) < 4.78 is 13.7. The van der Waals surface area contributed by atoms with Gasteiger partial charge in [0.05, 0.1) is 11.3 Å². The van der Waals surface area contributed by atoms with Crippen molar-refractivity contribution < 1.29 is 4.39 Å². The number of piperidine rings is 1. The number of aromatic nitrogens is 2. The van der Waals surface area contributed by atoms with Gasteiger partial charge < -0.3 is 4.90 Å². The number of piperazine rings is 1. The molecule has 3 saturated heterocycles. The summed E-state index contributed by atoms with van der Waals surface area (Å²) in [6.07, 6.45) is 4.39. The van der Waals surface area contributed by atoms with Gasteiger partial charge in [0, 0.05) is 44.1 Å². The van der Waals surface area contributed by atoms with Crippen LogP contribution in [0.15, 0.2) is 36.7 Å². The number of nitriles is 1. The lowest BCUT2D eigenvalue weighted by atomic mass is 9.87. The number of fused-ring (bicyclic) bond motifs is 2. The molecule has 0 aliphatic carbocycles. The van der Waals surface area contributed by atoms with Crippen LogP contribution in [-0.2, 0) is 6.54 Å². The van der Waals surface area contributed by atoms with Crippen LogP contribution in [0.4, 0.5) is 10.2 Å². The van der Waals surface area contributed by atoms with Crippen LogP contribution in [0.3, 0.4) is 0 Å². The molecular formula is C17H16FN5. The number of pyridine rings is 2. The topological polar surface area (TPSA) is 56.1 Å². The molecule has 5 rings (SSSR count). The van der Waals surface area contributed by atoms with Crippen LogP contribution >= 0.6 is 0 Å². The number of hydrogen-bond acceptors (Lipinski definition) is 5. The summed E-state index contributed by atoms with van der Waals surface area (Å²) in [5, 5.41) is 8.85. The Morgan fingerprint density at radius 3 is 2.70 bits per heavy atom. The Bertz CT molecular complexity index is 742. The molecule has 3 aliphatic heterocycles. The molecule has 0 radical (unpaired) electrons. The average Bonchev–Trinajstić information content (AvgIpc) is 2.58. The molecule has 23 heavy (non-hydrogen) atoms. The molecule has 0 amide bonds. The SMILES string of the molecule is N#Cc1ccc(N2C3CC2CN(Cc2ncccc2F)C3)nc1. The van der Waals surface area contributed by atoms with E-state index < -0.39 is 0 Å². The Labute approximate surface area is 134 Å². The van der Waals surface area contributed by atoms with Crippen molar-refractivity contribution in [3.63, 3.8) is 0 Å². The van der Waals surface area contributed by atoms with E-state index in [2.05, 4.69) is 25.8 Å². The van der Waals surface area contributed by atoms with Gasteiger partial charge in [-0.25, -0.2) is 9.37 Å². The van der Waals surface area contributed by atoms with Crippen molar-refractivity contribution in [2.24, 2.45) is 0 Å². The van der Waals surface area contributed by atoms with Gasteiger partial charge in [-0.2, -0.15) is 5.26 Å². The highest BCUT2D eigenvalue weighted by Crippen LogP contribution is 2.36. The molecular weight excluding hydrogens is 293 g/mol. The molecule has 2 aromatic heterocycles. The normalized spacial score (nSPS) is 23.2. The highest BCUT2D eigenvalue weighted by atomic mass is 19.1. The third kappa shape index (κ3) is 2.53. The van der Waals surface area contributed by atoms with Crippen LogP contribution < -0.4 is 4.90 Å². The van der Waals surface area contributed by atoms with E-state index in [1.165, 1.54) is 6.07 Å². The average molecular weight is 309 g/mol. The molecule has 2 bridgehead atoms. The van der Waals surface area contributed by atoms with Crippen LogP contribution in [0.1, 0.15) is 17.7 Å². The molecule has 2 aromatic rings. The predicted octanol–water partition coefficient (Wildman–Crippen LogP) is 1.95. The first-order chi connectivity index (χ1) is 11.2. The smallest absolute Gasteiger partial charge is 0.146 e. The number of nitrogens with zero attached hydrogens (tertiary/aromatic N) is 5. The van der Waals surface area contributed by atoms with E-state index in [4.69, 9.17) is 5.26 Å². The molecule has 116 valence electrons. The van der Waals surface area contributed by atoms with E-state index in [-0.39, 0.29) is 5.82 Å². The van der Waals surface area contributed by atoms with Gasteiger partial charge in [-0.1, -0.05) is 0 Å². The summed E-state index contributed by atoms with van der Waals surface area (Å²) in [6.45, 7) is 2.32. The number of halogens is 1. The molecule has 0 aromatic carbocycles. The fourth-order valence-corrected chi connectivity index (χ4v) is 3.55. The van der Waals surface area contributed by atoms with E-state index in [0.29, 0.717) is 29.9 Å². The van der Waals surface area contributed by atoms with Gasteiger partial charge in [0.15, 0.2) is 0 Å². The second kappa shape index (κ2) is 5.60.